The molecule has 2 aliphatic carbocycles. The number of methoxy groups -OCH3 is 2. The Morgan fingerprint density at radius 3 is 1.25 bits per heavy atom. The number of sulfone groups is 2. The third-order valence-electron chi connectivity index (χ3n) is 12.1. The summed E-state index contributed by atoms with van der Waals surface area (Å²) in [6.45, 7) is 16.8. The lowest BCUT2D eigenvalue weighted by atomic mass is 9.69. The summed E-state index contributed by atoms with van der Waals surface area (Å²) in [6.07, 6.45) is 9.37. The van der Waals surface area contributed by atoms with Gasteiger partial charge < -0.3 is 18.9 Å². The van der Waals surface area contributed by atoms with Gasteiger partial charge in [-0.25, -0.2) is 16.8 Å². The van der Waals surface area contributed by atoms with Gasteiger partial charge in [0, 0.05) is 14.2 Å². The summed E-state index contributed by atoms with van der Waals surface area (Å²) in [7, 11) is -4.63. The monoisotopic (exact) mass is 812 g/mol. The van der Waals surface area contributed by atoms with E-state index in [2.05, 4.69) is 53.7 Å². The zero-order valence-corrected chi connectivity index (χ0v) is 37.2. The molecule has 0 aliphatic heterocycles. The molecular formula is C46H68O8S2. The predicted molar refractivity (Wildman–Crippen MR) is 226 cm³/mol. The number of allylic oxidation sites excluding steroid dienone is 4. The summed E-state index contributed by atoms with van der Waals surface area (Å²) >= 11 is 0. The maximum absolute atomic E-state index is 14.8. The second-order valence-electron chi connectivity index (χ2n) is 17.4. The molecule has 0 bridgehead atoms. The third kappa shape index (κ3) is 10.7. The lowest BCUT2D eigenvalue weighted by molar-refractivity contribution is -0.0884. The van der Waals surface area contributed by atoms with Crippen molar-refractivity contribution in [3.63, 3.8) is 0 Å². The van der Waals surface area contributed by atoms with E-state index in [1.807, 2.05) is 26.0 Å². The molecule has 0 spiro atoms. The zero-order chi connectivity index (χ0) is 41.3. The number of ether oxygens (including phenoxy) is 4. The zero-order valence-electron chi connectivity index (χ0n) is 35.5. The normalized spacial score (nSPS) is 21.1. The minimum Gasteiger partial charge on any atom is -0.359 e. The van der Waals surface area contributed by atoms with Crippen LogP contribution in [-0.2, 0) is 38.6 Å². The van der Waals surface area contributed by atoms with Crippen LogP contribution < -0.4 is 0 Å². The molecule has 2 aliphatic rings. The fraction of sp³-hybridized carbons (Fsp3) is 0.609. The molecule has 0 saturated carbocycles. The van der Waals surface area contributed by atoms with Crippen molar-refractivity contribution >= 4 is 19.7 Å². The minimum absolute atomic E-state index is 0.0370. The molecule has 56 heavy (non-hydrogen) atoms. The van der Waals surface area contributed by atoms with E-state index in [0.717, 1.165) is 60.8 Å². The maximum Gasteiger partial charge on any atom is 0.187 e. The van der Waals surface area contributed by atoms with Crippen LogP contribution in [0.3, 0.4) is 0 Å². The van der Waals surface area contributed by atoms with Crippen LogP contribution in [0, 0.1) is 22.7 Å². The largest absolute Gasteiger partial charge is 0.359 e. The first kappa shape index (κ1) is 46.1. The molecule has 0 aromatic heterocycles. The first-order valence-corrected chi connectivity index (χ1v) is 23.3. The Labute approximate surface area is 339 Å². The van der Waals surface area contributed by atoms with Gasteiger partial charge in [-0.2, -0.15) is 0 Å². The molecule has 0 fully saturated rings. The lowest BCUT2D eigenvalue weighted by Crippen LogP contribution is -2.46. The highest BCUT2D eigenvalue weighted by Gasteiger charge is 2.48. The first-order valence-electron chi connectivity index (χ1n) is 20.3. The van der Waals surface area contributed by atoms with Crippen LogP contribution in [0.5, 0.6) is 0 Å². The smallest absolute Gasteiger partial charge is 0.187 e. The number of rotatable bonds is 20. The highest BCUT2D eigenvalue weighted by atomic mass is 32.2. The van der Waals surface area contributed by atoms with Crippen LogP contribution in [0.2, 0.25) is 0 Å². The van der Waals surface area contributed by atoms with Gasteiger partial charge in [-0.05, 0) is 123 Å². The van der Waals surface area contributed by atoms with Crippen LogP contribution in [-0.4, -0.2) is 67.3 Å². The van der Waals surface area contributed by atoms with E-state index >= 15 is 0 Å². The molecule has 0 saturated heterocycles. The van der Waals surface area contributed by atoms with Crippen molar-refractivity contribution < 1.29 is 35.8 Å². The van der Waals surface area contributed by atoms with Crippen molar-refractivity contribution in [2.45, 2.75) is 139 Å². The number of hydrogen-bond donors (Lipinski definition) is 0. The van der Waals surface area contributed by atoms with E-state index in [-0.39, 0.29) is 46.0 Å². The van der Waals surface area contributed by atoms with Crippen LogP contribution in [0.1, 0.15) is 107 Å². The fourth-order valence-corrected chi connectivity index (χ4v) is 14.1. The summed E-state index contributed by atoms with van der Waals surface area (Å²) in [4.78, 5) is 0.561. The highest BCUT2D eigenvalue weighted by Crippen LogP contribution is 2.48. The predicted octanol–water partition coefficient (Wildman–Crippen LogP) is 10.3. The van der Waals surface area contributed by atoms with Crippen LogP contribution in [0.4, 0.5) is 0 Å². The summed E-state index contributed by atoms with van der Waals surface area (Å²) in [5.41, 5.74) is 3.45. The van der Waals surface area contributed by atoms with Crippen molar-refractivity contribution in [1.29, 1.82) is 0 Å². The molecule has 0 heterocycles. The standard InChI is InChI=1S/C46H68O8S2/c1-33-23-19-29-45(5,6)39(33)43(55(47,48)37-25-13-11-14-26-37)41(53-31-51-9)35(3)21-17-18-22-36(4)42(54-32-52-10)44(40-34(2)24-20-30-46(40,7)8)56(49,50)38-27-15-12-16-28-38/h11-18,25-28,35-36,41-44H,19-24,29-32H2,1-10H3/b18-17+. The second kappa shape index (κ2) is 19.9. The molecule has 4 rings (SSSR count). The van der Waals surface area contributed by atoms with E-state index in [9.17, 15) is 16.8 Å². The molecule has 10 heteroatoms. The van der Waals surface area contributed by atoms with Crippen LogP contribution in [0.15, 0.2) is 105 Å². The van der Waals surface area contributed by atoms with Gasteiger partial charge in [-0.3, -0.25) is 0 Å². The van der Waals surface area contributed by atoms with Crippen molar-refractivity contribution in [3.05, 3.63) is 95.1 Å². The Morgan fingerprint density at radius 1 is 0.607 bits per heavy atom. The van der Waals surface area contributed by atoms with E-state index in [1.165, 1.54) is 0 Å². The average Bonchev–Trinajstić information content (AvgIpc) is 3.15. The topological polar surface area (TPSA) is 105 Å². The van der Waals surface area contributed by atoms with Crippen LogP contribution >= 0.6 is 0 Å². The van der Waals surface area contributed by atoms with Crippen molar-refractivity contribution in [3.8, 4) is 0 Å². The Hall–Kier alpha value is -2.60. The Morgan fingerprint density at radius 2 is 0.946 bits per heavy atom. The molecule has 0 radical (unpaired) electrons. The van der Waals surface area contributed by atoms with E-state index in [1.54, 1.807) is 62.8 Å². The molecule has 0 amide bonds. The molecule has 6 atom stereocenters. The van der Waals surface area contributed by atoms with Crippen LogP contribution in [0.25, 0.3) is 0 Å². The van der Waals surface area contributed by atoms with Gasteiger partial charge in [0.2, 0.25) is 0 Å². The summed E-state index contributed by atoms with van der Waals surface area (Å²) in [6, 6.07) is 17.4. The van der Waals surface area contributed by atoms with Gasteiger partial charge in [0.05, 0.1) is 22.0 Å². The summed E-state index contributed by atoms with van der Waals surface area (Å²) in [5.74, 6) is -0.415. The first-order chi connectivity index (χ1) is 26.4. The quantitative estimate of drug-likeness (QED) is 0.0962. The Balaban J connectivity index is 1.70. The molecule has 6 unspecified atom stereocenters. The lowest BCUT2D eigenvalue weighted by Gasteiger charge is -2.42. The molecular weight excluding hydrogens is 745 g/mol. The van der Waals surface area contributed by atoms with E-state index in [4.69, 9.17) is 18.9 Å². The minimum atomic E-state index is -3.87. The van der Waals surface area contributed by atoms with Gasteiger partial charge in [0.25, 0.3) is 0 Å². The van der Waals surface area contributed by atoms with Gasteiger partial charge in [-0.1, -0.05) is 101 Å². The summed E-state index contributed by atoms with van der Waals surface area (Å²) < 4.78 is 82.6. The van der Waals surface area contributed by atoms with E-state index in [0.29, 0.717) is 12.8 Å². The van der Waals surface area contributed by atoms with Crippen molar-refractivity contribution in [2.24, 2.45) is 22.7 Å². The molecule has 2 aromatic rings. The third-order valence-corrected chi connectivity index (χ3v) is 16.3. The van der Waals surface area contributed by atoms with Crippen molar-refractivity contribution in [2.75, 3.05) is 27.8 Å². The Kier molecular flexibility index (Phi) is 16.4. The maximum atomic E-state index is 14.8. The molecule has 312 valence electrons. The fourth-order valence-electron chi connectivity index (χ4n) is 9.33. The Bertz CT molecular complexity index is 1740. The SMILES string of the molecule is COCOC(C(C)C/C=C/CC(C)C(OCOC)C(C1=C(C)CCCC1(C)C)S(=O)(=O)c1ccccc1)C(C1=C(C)CCCC1(C)C)S(=O)(=O)c1ccccc1. The molecule has 0 N–H and O–H groups in total. The molecule has 8 nitrogen and oxygen atoms in total. The second-order valence-corrected chi connectivity index (χ2v) is 21.5. The highest BCUT2D eigenvalue weighted by molar-refractivity contribution is 7.92. The average molecular weight is 813 g/mol. The van der Waals surface area contributed by atoms with Gasteiger partial charge in [-0.15, -0.1) is 0 Å². The number of benzene rings is 2. The van der Waals surface area contributed by atoms with Crippen molar-refractivity contribution in [1.82, 2.24) is 0 Å². The van der Waals surface area contributed by atoms with E-state index < -0.39 is 42.4 Å². The molecule has 2 aromatic carbocycles. The summed E-state index contributed by atoms with van der Waals surface area (Å²) in [5, 5.41) is -1.80. The van der Waals surface area contributed by atoms with Gasteiger partial charge in [0.1, 0.15) is 24.1 Å². The van der Waals surface area contributed by atoms with Gasteiger partial charge in [0.15, 0.2) is 19.7 Å². The van der Waals surface area contributed by atoms with Gasteiger partial charge >= 0.3 is 0 Å². The number of hydrogen-bond acceptors (Lipinski definition) is 8.